The third-order valence-corrected chi connectivity index (χ3v) is 17.0. The molecule has 86 heavy (non-hydrogen) atoms. The van der Waals surface area contributed by atoms with Gasteiger partial charge in [-0.25, -0.2) is 45.6 Å². The molecule has 1 aliphatic rings. The van der Waals surface area contributed by atoms with Crippen LogP contribution in [-0.2, 0) is 37.0 Å². The minimum absolute atomic E-state index is 0.00469. The topological polar surface area (TPSA) is 207 Å². The fraction of sp³-hybridized carbons (Fsp3) is 0.210. The second-order valence-electron chi connectivity index (χ2n) is 20.2. The number of hydrogen-bond acceptors (Lipinski definition) is 11. The number of benzene rings is 8. The summed E-state index contributed by atoms with van der Waals surface area (Å²) in [6, 6.07) is 43.6. The van der Waals surface area contributed by atoms with Gasteiger partial charge in [0.25, 0.3) is 11.8 Å². The number of fused-ring (bicyclic) bond motifs is 1. The molecule has 3 amide bonds. The van der Waals surface area contributed by atoms with Crippen molar-refractivity contribution in [1.29, 1.82) is 0 Å². The highest BCUT2D eigenvalue weighted by Crippen LogP contribution is 2.36. The van der Waals surface area contributed by atoms with Crippen LogP contribution < -0.4 is 31.1 Å². The minimum atomic E-state index is -2.22. The van der Waals surface area contributed by atoms with Gasteiger partial charge in [0.1, 0.15) is 39.5 Å². The van der Waals surface area contributed by atoms with Gasteiger partial charge in [0.05, 0.1) is 9.79 Å². The number of piperazine rings is 1. The average molecular weight is 1260 g/mol. The van der Waals surface area contributed by atoms with Gasteiger partial charge in [-0.2, -0.15) is 0 Å². The Kier molecular flexibility index (Phi) is 23.0. The first kappa shape index (κ1) is 65.8. The van der Waals surface area contributed by atoms with Gasteiger partial charge in [-0.15, -0.1) is 0 Å². The number of anilines is 1. The monoisotopic (exact) mass is 1260 g/mol. The number of halogens is 6. The molecule has 452 valence electrons. The fourth-order valence-electron chi connectivity index (χ4n) is 8.84. The highest BCUT2D eigenvalue weighted by atomic mass is 35.5. The van der Waals surface area contributed by atoms with Crippen LogP contribution in [-0.4, -0.2) is 110 Å². The van der Waals surface area contributed by atoms with Crippen molar-refractivity contribution in [2.45, 2.75) is 41.5 Å². The summed E-state index contributed by atoms with van der Waals surface area (Å²) < 4.78 is 99.1. The number of nitrogens with one attached hydrogen (secondary N) is 2. The van der Waals surface area contributed by atoms with Crippen molar-refractivity contribution >= 4 is 79.4 Å². The Morgan fingerprint density at radius 1 is 0.674 bits per heavy atom. The van der Waals surface area contributed by atoms with E-state index >= 15 is 0 Å². The Balaban J connectivity index is 0.000000206. The van der Waals surface area contributed by atoms with Crippen molar-refractivity contribution in [1.82, 2.24) is 24.5 Å². The van der Waals surface area contributed by atoms with Gasteiger partial charge in [-0.05, 0) is 136 Å². The molecule has 0 saturated carbocycles. The number of amides is 3. The molecule has 24 heteroatoms. The molecule has 3 atom stereocenters. The zero-order valence-corrected chi connectivity index (χ0v) is 50.3. The Morgan fingerprint density at radius 3 is 1.74 bits per heavy atom. The second-order valence-corrected chi connectivity index (χ2v) is 24.0. The van der Waals surface area contributed by atoms with E-state index in [1.807, 2.05) is 85.7 Å². The lowest BCUT2D eigenvalue weighted by atomic mass is 9.81. The Morgan fingerprint density at radius 2 is 1.22 bits per heavy atom. The van der Waals surface area contributed by atoms with E-state index in [2.05, 4.69) is 12.1 Å². The second kappa shape index (κ2) is 30.0. The van der Waals surface area contributed by atoms with Crippen molar-refractivity contribution in [2.24, 2.45) is 5.73 Å². The lowest BCUT2D eigenvalue weighted by molar-refractivity contribution is -0.134. The lowest BCUT2D eigenvalue weighted by Gasteiger charge is -2.38. The van der Waals surface area contributed by atoms with Crippen LogP contribution in [0.15, 0.2) is 174 Å². The summed E-state index contributed by atoms with van der Waals surface area (Å²) in [6.45, 7) is 4.19. The van der Waals surface area contributed by atoms with Crippen LogP contribution in [0.25, 0.3) is 21.9 Å². The summed E-state index contributed by atoms with van der Waals surface area (Å²) >= 11 is 11.6. The van der Waals surface area contributed by atoms with E-state index in [4.69, 9.17) is 43.6 Å². The molecule has 0 aromatic heterocycles. The Bertz CT molecular complexity index is 3680. The number of carbonyl (C=O) groups excluding carboxylic acids is 3. The number of hydroxylamine groups is 2. The molecule has 0 radical (unpaired) electrons. The van der Waals surface area contributed by atoms with Crippen molar-refractivity contribution in [3.05, 3.63) is 208 Å². The molecule has 16 nitrogen and oxygen atoms in total. The van der Waals surface area contributed by atoms with Crippen molar-refractivity contribution in [2.75, 3.05) is 58.8 Å². The summed E-state index contributed by atoms with van der Waals surface area (Å²) in [7, 11) is 1.67. The minimum Gasteiger partial charge on any atom is -0.451 e. The summed E-state index contributed by atoms with van der Waals surface area (Å²) in [5.41, 5.74) is 11.8. The van der Waals surface area contributed by atoms with Crippen LogP contribution >= 0.6 is 23.2 Å². The summed E-state index contributed by atoms with van der Waals surface area (Å²) in [5.74, 6) is -6.39. The third kappa shape index (κ3) is 16.8. The van der Waals surface area contributed by atoms with E-state index in [0.717, 1.165) is 51.9 Å². The average Bonchev–Trinajstić information content (AvgIpc) is 1.90. The van der Waals surface area contributed by atoms with E-state index < -0.39 is 80.0 Å². The van der Waals surface area contributed by atoms with Crippen LogP contribution in [0.4, 0.5) is 23.2 Å². The van der Waals surface area contributed by atoms with Gasteiger partial charge < -0.3 is 25.0 Å². The van der Waals surface area contributed by atoms with E-state index in [1.165, 1.54) is 62.6 Å². The quantitative estimate of drug-likeness (QED) is 0.0329. The highest BCUT2D eigenvalue weighted by Gasteiger charge is 2.39. The number of nitrogens with two attached hydrogens (primary N) is 1. The predicted octanol–water partition coefficient (Wildman–Crippen LogP) is 11.8. The smallest absolute Gasteiger partial charge is 0.263 e. The lowest BCUT2D eigenvalue weighted by Crippen LogP contribution is -2.59. The molecular weight excluding hydrogens is 1200 g/mol. The maximum atomic E-state index is 15.0. The van der Waals surface area contributed by atoms with Crippen LogP contribution in [0.5, 0.6) is 23.0 Å². The van der Waals surface area contributed by atoms with Crippen LogP contribution in [0.1, 0.15) is 36.2 Å². The Hall–Kier alpha value is -7.77. The molecule has 1 fully saturated rings. The van der Waals surface area contributed by atoms with Crippen LogP contribution in [0.3, 0.4) is 0 Å². The van der Waals surface area contributed by atoms with E-state index in [0.29, 0.717) is 33.6 Å². The van der Waals surface area contributed by atoms with Gasteiger partial charge in [-0.3, -0.25) is 24.8 Å². The number of nitrogens with zero attached hydrogens (tertiary/aromatic N) is 4. The van der Waals surface area contributed by atoms with E-state index in [1.54, 1.807) is 43.4 Å². The standard InChI is InChI=1S/C29H27ClF2N4O5S2.C17H16ClF2NO3.C16H18N2O/c1-34(2)20-8-11-23-18(14-20)4-3-5-27(23)43(40)35-12-13-36(26(17-35)29(37)33-38)42(39)22-15-24(31)28(25(32)16-22)41-21-9-6-19(30)7-10-21;1-17(2,9-15(22)21-23)10-7-13(19)16(14(20)8-10)24-12-5-3-11(18)4-6-12;1-18(12-11-17)16(19)15-9-7-14(8-10-15)13-5-3-2-4-6-13/h3-11,14-16,26,38H,12-13,17H2,1-2H3,(H,33,37);3-8,23H,9H2,1-2H3,(H,21,22);2-10H,11-12,17H2,1H3/t26-,42?,43?;;/m1../s1. The maximum Gasteiger partial charge on any atom is 0.263 e. The molecule has 9 rings (SSSR count). The fourth-order valence-corrected chi connectivity index (χ4v) is 11.8. The zero-order chi connectivity index (χ0) is 62.4. The largest absolute Gasteiger partial charge is 0.451 e. The number of carbonyl (C=O) groups is 3. The zero-order valence-electron chi connectivity index (χ0n) is 47.1. The highest BCUT2D eigenvalue weighted by molar-refractivity contribution is 7.83. The first-order valence-corrected chi connectivity index (χ1v) is 29.4. The molecule has 0 spiro atoms. The number of hydrogen-bond donors (Lipinski definition) is 5. The van der Waals surface area contributed by atoms with Crippen molar-refractivity contribution in [3.63, 3.8) is 0 Å². The molecule has 8 aromatic carbocycles. The molecular formula is C62H61Cl2F4N7O9S2. The summed E-state index contributed by atoms with van der Waals surface area (Å²) in [5, 5.41) is 20.6. The summed E-state index contributed by atoms with van der Waals surface area (Å²) in [6.07, 6.45) is -0.139. The van der Waals surface area contributed by atoms with Gasteiger partial charge in [-0.1, -0.05) is 97.7 Å². The molecule has 0 bridgehead atoms. The molecule has 1 heterocycles. The first-order chi connectivity index (χ1) is 41.0. The van der Waals surface area contributed by atoms with Gasteiger partial charge >= 0.3 is 0 Å². The first-order valence-electron chi connectivity index (χ1n) is 26.4. The SMILES string of the molecule is CC(C)(CC(=O)NO)c1cc(F)c(Oc2ccc(Cl)cc2)c(F)c1.CN(C)c1ccc2c(S(=O)N3CCN(S(=O)c4cc(F)c(Oc5ccc(Cl)cc5)c(F)c4)[C@@H](C(=O)NO)C3)cccc2c1.CN(CCN)C(=O)c1ccc(-c2ccccc2)cc1. The van der Waals surface area contributed by atoms with Crippen molar-refractivity contribution < 1.29 is 60.3 Å². The number of likely N-dealkylation sites (N-methyl/N-ethyl adjacent to an activating group) is 1. The Labute approximate surface area is 509 Å². The van der Waals surface area contributed by atoms with Gasteiger partial charge in [0.2, 0.25) is 5.91 Å². The molecule has 1 saturated heterocycles. The normalized spacial score (nSPS) is 14.1. The maximum absolute atomic E-state index is 15.0. The third-order valence-electron chi connectivity index (χ3n) is 13.5. The predicted molar refractivity (Wildman–Crippen MR) is 324 cm³/mol. The van der Waals surface area contributed by atoms with Crippen molar-refractivity contribution in [3.8, 4) is 34.1 Å². The van der Waals surface area contributed by atoms with Crippen LogP contribution in [0, 0.1) is 23.3 Å². The molecule has 6 N–H and O–H groups in total. The van der Waals surface area contributed by atoms with Crippen LogP contribution in [0.2, 0.25) is 10.0 Å². The van der Waals surface area contributed by atoms with Gasteiger partial charge in [0, 0.05) is 81.6 Å². The van der Waals surface area contributed by atoms with E-state index in [-0.39, 0.29) is 53.9 Å². The number of ether oxygens (including phenoxy) is 2. The number of rotatable bonds is 17. The van der Waals surface area contributed by atoms with E-state index in [9.17, 15) is 45.6 Å². The van der Waals surface area contributed by atoms with Gasteiger partial charge in [0.15, 0.2) is 34.8 Å². The molecule has 8 aromatic rings. The molecule has 0 aliphatic carbocycles. The molecule has 2 unspecified atom stereocenters. The molecule has 1 aliphatic heterocycles. The summed E-state index contributed by atoms with van der Waals surface area (Å²) in [4.78, 5) is 39.9.